The minimum Gasteiger partial charge on any atom is -0.507 e. The van der Waals surface area contributed by atoms with Crippen molar-refractivity contribution in [2.45, 2.75) is 19.9 Å². The molecule has 0 aliphatic heterocycles. The second-order valence-corrected chi connectivity index (χ2v) is 4.22. The Hall–Kier alpha value is -1.97. The van der Waals surface area contributed by atoms with E-state index < -0.39 is 0 Å². The third-order valence-corrected chi connectivity index (χ3v) is 2.64. The first-order chi connectivity index (χ1) is 8.51. The second kappa shape index (κ2) is 6.10. The highest BCUT2D eigenvalue weighted by Crippen LogP contribution is 2.24. The predicted molar refractivity (Wildman–Crippen MR) is 71.0 cm³/mol. The minimum absolute atomic E-state index is 0.0288. The average molecular weight is 249 g/mol. The number of carbonyl (C=O) groups excluding carboxylic acids is 1. The van der Waals surface area contributed by atoms with Crippen LogP contribution < -0.4 is 4.74 Å². The lowest BCUT2D eigenvalue weighted by molar-refractivity contribution is 0.0725. The van der Waals surface area contributed by atoms with Crippen LogP contribution in [0.15, 0.2) is 30.9 Å². The van der Waals surface area contributed by atoms with Crippen LogP contribution in [0, 0.1) is 0 Å². The van der Waals surface area contributed by atoms with Crippen molar-refractivity contribution in [1.82, 2.24) is 4.90 Å². The molecular weight excluding hydrogens is 230 g/mol. The fourth-order valence-electron chi connectivity index (χ4n) is 1.64. The summed E-state index contributed by atoms with van der Waals surface area (Å²) in [4.78, 5) is 14.0. The van der Waals surface area contributed by atoms with E-state index in [-0.39, 0.29) is 23.3 Å². The number of aromatic hydroxyl groups is 1. The van der Waals surface area contributed by atoms with Gasteiger partial charge in [-0.2, -0.15) is 0 Å². The highest BCUT2D eigenvalue weighted by Gasteiger charge is 2.20. The Bertz CT molecular complexity index is 441. The summed E-state index contributed by atoms with van der Waals surface area (Å²) in [5.41, 5.74) is 0.241. The van der Waals surface area contributed by atoms with Crippen molar-refractivity contribution in [1.29, 1.82) is 0 Å². The number of nitrogens with zero attached hydrogens (tertiary/aromatic N) is 1. The van der Waals surface area contributed by atoms with Crippen LogP contribution in [-0.2, 0) is 0 Å². The molecule has 1 rings (SSSR count). The van der Waals surface area contributed by atoms with Gasteiger partial charge in [-0.15, -0.1) is 6.58 Å². The summed E-state index contributed by atoms with van der Waals surface area (Å²) in [7, 11) is 1.52. The molecule has 98 valence electrons. The van der Waals surface area contributed by atoms with Gasteiger partial charge in [0.05, 0.1) is 12.7 Å². The van der Waals surface area contributed by atoms with Gasteiger partial charge in [-0.3, -0.25) is 4.79 Å². The van der Waals surface area contributed by atoms with Gasteiger partial charge in [0.15, 0.2) is 0 Å². The van der Waals surface area contributed by atoms with Crippen molar-refractivity contribution >= 4 is 5.91 Å². The molecule has 1 amide bonds. The largest absolute Gasteiger partial charge is 0.507 e. The first-order valence-electron chi connectivity index (χ1n) is 5.80. The molecule has 4 heteroatoms. The van der Waals surface area contributed by atoms with Gasteiger partial charge in [-0.1, -0.05) is 6.08 Å². The zero-order valence-corrected chi connectivity index (χ0v) is 11.0. The Morgan fingerprint density at radius 1 is 1.56 bits per heavy atom. The van der Waals surface area contributed by atoms with E-state index in [0.717, 1.165) is 0 Å². The number of carbonyl (C=O) groups is 1. The third-order valence-electron chi connectivity index (χ3n) is 2.64. The number of benzene rings is 1. The molecule has 0 aromatic heterocycles. The van der Waals surface area contributed by atoms with Crippen molar-refractivity contribution in [2.75, 3.05) is 13.7 Å². The lowest BCUT2D eigenvalue weighted by Gasteiger charge is -2.25. The highest BCUT2D eigenvalue weighted by atomic mass is 16.5. The number of hydrogen-bond acceptors (Lipinski definition) is 3. The molecule has 0 fully saturated rings. The van der Waals surface area contributed by atoms with Gasteiger partial charge < -0.3 is 14.7 Å². The first kappa shape index (κ1) is 14.1. The van der Waals surface area contributed by atoms with E-state index in [4.69, 9.17) is 4.74 Å². The Morgan fingerprint density at radius 2 is 2.22 bits per heavy atom. The maximum absolute atomic E-state index is 12.3. The number of rotatable bonds is 5. The molecular formula is C14H19NO3. The molecule has 0 unspecified atom stereocenters. The minimum atomic E-state index is -0.235. The molecule has 1 aromatic carbocycles. The van der Waals surface area contributed by atoms with Gasteiger partial charge in [-0.25, -0.2) is 0 Å². The van der Waals surface area contributed by atoms with Gasteiger partial charge in [0.25, 0.3) is 5.91 Å². The Balaban J connectivity index is 3.11. The number of amides is 1. The summed E-state index contributed by atoms with van der Waals surface area (Å²) in [5.74, 6) is 0.260. The van der Waals surface area contributed by atoms with Gasteiger partial charge in [0.1, 0.15) is 11.5 Å². The van der Waals surface area contributed by atoms with Gasteiger partial charge in [0.2, 0.25) is 0 Å². The van der Waals surface area contributed by atoms with E-state index in [1.54, 1.807) is 17.0 Å². The van der Waals surface area contributed by atoms with Crippen LogP contribution >= 0.6 is 0 Å². The number of hydrogen-bond donors (Lipinski definition) is 1. The van der Waals surface area contributed by atoms with E-state index in [0.29, 0.717) is 12.3 Å². The van der Waals surface area contributed by atoms with Crippen molar-refractivity contribution in [3.05, 3.63) is 36.4 Å². The Morgan fingerprint density at radius 3 is 2.72 bits per heavy atom. The highest BCUT2D eigenvalue weighted by molar-refractivity contribution is 5.97. The predicted octanol–water partition coefficient (Wildman–Crippen LogP) is 2.44. The van der Waals surface area contributed by atoms with Crippen LogP contribution in [0.5, 0.6) is 11.5 Å². The smallest absolute Gasteiger partial charge is 0.258 e. The number of ether oxygens (including phenoxy) is 1. The number of phenolic OH excluding ortho intramolecular Hbond substituents is 1. The van der Waals surface area contributed by atoms with E-state index >= 15 is 0 Å². The topological polar surface area (TPSA) is 49.8 Å². The fraction of sp³-hybridized carbons (Fsp3) is 0.357. The van der Waals surface area contributed by atoms with Crippen molar-refractivity contribution < 1.29 is 14.6 Å². The standard InChI is InChI=1S/C14H19NO3/c1-5-8-15(10(2)3)14(17)12-9-11(18-4)6-7-13(12)16/h5-7,9-10,16H,1,8H2,2-4H3. The summed E-state index contributed by atoms with van der Waals surface area (Å²) < 4.78 is 5.06. The molecule has 0 bridgehead atoms. The van der Waals surface area contributed by atoms with Crippen LogP contribution in [-0.4, -0.2) is 35.6 Å². The molecule has 0 saturated carbocycles. The molecule has 4 nitrogen and oxygen atoms in total. The maximum atomic E-state index is 12.3. The Labute approximate surface area is 107 Å². The summed E-state index contributed by atoms with van der Waals surface area (Å²) >= 11 is 0. The summed E-state index contributed by atoms with van der Waals surface area (Å²) in [5, 5.41) is 9.77. The second-order valence-electron chi connectivity index (χ2n) is 4.22. The van der Waals surface area contributed by atoms with Crippen LogP contribution in [0.4, 0.5) is 0 Å². The van der Waals surface area contributed by atoms with Crippen LogP contribution in [0.2, 0.25) is 0 Å². The fourth-order valence-corrected chi connectivity index (χ4v) is 1.64. The van der Waals surface area contributed by atoms with Crippen molar-refractivity contribution in [2.24, 2.45) is 0 Å². The molecule has 0 saturated heterocycles. The lowest BCUT2D eigenvalue weighted by Crippen LogP contribution is -2.37. The maximum Gasteiger partial charge on any atom is 0.258 e. The molecule has 0 aliphatic rings. The van der Waals surface area contributed by atoms with E-state index in [1.165, 1.54) is 19.2 Å². The number of methoxy groups -OCH3 is 1. The van der Waals surface area contributed by atoms with E-state index in [9.17, 15) is 9.90 Å². The average Bonchev–Trinajstić information content (AvgIpc) is 2.35. The molecule has 1 aromatic rings. The lowest BCUT2D eigenvalue weighted by atomic mass is 10.1. The summed E-state index contributed by atoms with van der Waals surface area (Å²) in [6, 6.07) is 4.63. The van der Waals surface area contributed by atoms with Crippen molar-refractivity contribution in [3.8, 4) is 11.5 Å². The quantitative estimate of drug-likeness (QED) is 0.815. The molecule has 0 radical (unpaired) electrons. The normalized spacial score (nSPS) is 10.2. The number of phenols is 1. The molecule has 18 heavy (non-hydrogen) atoms. The third kappa shape index (κ3) is 3.03. The zero-order chi connectivity index (χ0) is 13.7. The summed E-state index contributed by atoms with van der Waals surface area (Å²) in [6.45, 7) is 7.90. The van der Waals surface area contributed by atoms with Gasteiger partial charge in [-0.05, 0) is 32.0 Å². The van der Waals surface area contributed by atoms with E-state index in [2.05, 4.69) is 6.58 Å². The molecule has 0 heterocycles. The van der Waals surface area contributed by atoms with Crippen molar-refractivity contribution in [3.63, 3.8) is 0 Å². The zero-order valence-electron chi connectivity index (χ0n) is 11.0. The van der Waals surface area contributed by atoms with Gasteiger partial charge >= 0.3 is 0 Å². The monoisotopic (exact) mass is 249 g/mol. The first-order valence-corrected chi connectivity index (χ1v) is 5.80. The molecule has 0 atom stereocenters. The molecule has 0 spiro atoms. The molecule has 1 N–H and O–H groups in total. The Kier molecular flexibility index (Phi) is 4.77. The van der Waals surface area contributed by atoms with Gasteiger partial charge in [0, 0.05) is 12.6 Å². The van der Waals surface area contributed by atoms with Crippen LogP contribution in [0.3, 0.4) is 0 Å². The summed E-state index contributed by atoms with van der Waals surface area (Å²) in [6.07, 6.45) is 1.66. The van der Waals surface area contributed by atoms with Crippen LogP contribution in [0.25, 0.3) is 0 Å². The molecule has 0 aliphatic carbocycles. The SMILES string of the molecule is C=CCN(C(=O)c1cc(OC)ccc1O)C(C)C. The van der Waals surface area contributed by atoms with Crippen LogP contribution in [0.1, 0.15) is 24.2 Å². The van der Waals surface area contributed by atoms with E-state index in [1.807, 2.05) is 13.8 Å².